The van der Waals surface area contributed by atoms with Crippen molar-refractivity contribution in [2.75, 3.05) is 26.2 Å². The topological polar surface area (TPSA) is 36.3 Å². The zero-order chi connectivity index (χ0) is 12.2. The van der Waals surface area contributed by atoms with Gasteiger partial charge in [0.05, 0.1) is 31.7 Å². The van der Waals surface area contributed by atoms with Crippen LogP contribution in [0.2, 0.25) is 0 Å². The molecule has 0 saturated heterocycles. The summed E-state index contributed by atoms with van der Waals surface area (Å²) in [5.41, 5.74) is 0. The molecule has 0 spiro atoms. The summed E-state index contributed by atoms with van der Waals surface area (Å²) in [6, 6.07) is 2.05. The van der Waals surface area contributed by atoms with Gasteiger partial charge in [-0.1, -0.05) is 25.7 Å². The summed E-state index contributed by atoms with van der Waals surface area (Å²) >= 11 is 0. The molecule has 0 bridgehead atoms. The number of ether oxygens (including phenoxy) is 1. The summed E-state index contributed by atoms with van der Waals surface area (Å²) in [6.07, 6.45) is 1.32. The summed E-state index contributed by atoms with van der Waals surface area (Å²) in [5, 5.41) is 8.35. The van der Waals surface area contributed by atoms with Crippen molar-refractivity contribution in [1.82, 2.24) is 4.90 Å². The van der Waals surface area contributed by atoms with E-state index in [1.807, 2.05) is 6.92 Å². The van der Waals surface area contributed by atoms with Crippen LogP contribution in [0.5, 0.6) is 0 Å². The fourth-order valence-corrected chi connectivity index (χ4v) is 1.20. The highest BCUT2D eigenvalue weighted by molar-refractivity contribution is 5.02. The molecule has 0 aromatic rings. The van der Waals surface area contributed by atoms with Crippen LogP contribution in [0.25, 0.3) is 0 Å². The minimum atomic E-state index is 0.123. The van der Waals surface area contributed by atoms with E-state index in [-0.39, 0.29) is 6.10 Å². The van der Waals surface area contributed by atoms with Crippen LogP contribution >= 0.6 is 0 Å². The fourth-order valence-electron chi connectivity index (χ4n) is 1.20. The van der Waals surface area contributed by atoms with Crippen LogP contribution < -0.4 is 0 Å². The molecule has 1 atom stereocenters. The standard InChI is InChI=1S/C13H22N2O/c1-4-15(5-2)11-7-6-9-13(3)16-12-8-10-14/h13H,4-5,8-9,11-12H2,1-3H3/t13-/m1/s1. The van der Waals surface area contributed by atoms with E-state index in [0.717, 1.165) is 26.1 Å². The van der Waals surface area contributed by atoms with Crippen LogP contribution in [0.3, 0.4) is 0 Å². The number of hydrogen-bond donors (Lipinski definition) is 0. The number of nitriles is 1. The Morgan fingerprint density at radius 1 is 1.25 bits per heavy atom. The zero-order valence-electron chi connectivity index (χ0n) is 10.6. The fraction of sp³-hybridized carbons (Fsp3) is 0.769. The predicted molar refractivity (Wildman–Crippen MR) is 65.8 cm³/mol. The van der Waals surface area contributed by atoms with Gasteiger partial charge in [-0.3, -0.25) is 4.90 Å². The second-order valence-electron chi connectivity index (χ2n) is 3.61. The number of rotatable bonds is 7. The molecule has 16 heavy (non-hydrogen) atoms. The molecular formula is C13H22N2O. The molecule has 0 rings (SSSR count). The Hall–Kier alpha value is -1.03. The number of hydrogen-bond acceptors (Lipinski definition) is 3. The highest BCUT2D eigenvalue weighted by atomic mass is 16.5. The Balaban J connectivity index is 3.62. The molecule has 0 unspecified atom stereocenters. The van der Waals surface area contributed by atoms with Crippen molar-refractivity contribution in [3.05, 3.63) is 0 Å². The van der Waals surface area contributed by atoms with Crippen LogP contribution in [0.15, 0.2) is 0 Å². The average molecular weight is 222 g/mol. The van der Waals surface area contributed by atoms with E-state index in [1.165, 1.54) is 0 Å². The van der Waals surface area contributed by atoms with Gasteiger partial charge in [0.1, 0.15) is 0 Å². The van der Waals surface area contributed by atoms with Gasteiger partial charge in [-0.15, -0.1) is 0 Å². The normalized spacial score (nSPS) is 11.7. The van der Waals surface area contributed by atoms with Gasteiger partial charge in [0, 0.05) is 6.42 Å². The van der Waals surface area contributed by atoms with E-state index in [9.17, 15) is 0 Å². The molecule has 0 aromatic carbocycles. The van der Waals surface area contributed by atoms with Crippen LogP contribution in [-0.2, 0) is 4.74 Å². The lowest BCUT2D eigenvalue weighted by molar-refractivity contribution is 0.0739. The van der Waals surface area contributed by atoms with Crippen molar-refractivity contribution in [2.45, 2.75) is 39.7 Å². The molecule has 0 aliphatic heterocycles. The maximum absolute atomic E-state index is 8.35. The van der Waals surface area contributed by atoms with Crippen molar-refractivity contribution >= 4 is 0 Å². The maximum Gasteiger partial charge on any atom is 0.0656 e. The third-order valence-corrected chi connectivity index (χ3v) is 2.33. The first-order chi connectivity index (χ1) is 7.74. The van der Waals surface area contributed by atoms with Crippen LogP contribution in [-0.4, -0.2) is 37.2 Å². The molecule has 90 valence electrons. The van der Waals surface area contributed by atoms with Gasteiger partial charge in [-0.05, 0) is 20.0 Å². The first-order valence-electron chi connectivity index (χ1n) is 5.91. The largest absolute Gasteiger partial charge is 0.376 e. The molecule has 3 heteroatoms. The molecule has 0 radical (unpaired) electrons. The maximum atomic E-state index is 8.35. The predicted octanol–water partition coefficient (Wildman–Crippen LogP) is 2.04. The minimum absolute atomic E-state index is 0.123. The zero-order valence-corrected chi connectivity index (χ0v) is 10.6. The molecular weight excluding hydrogens is 200 g/mol. The van der Waals surface area contributed by atoms with Crippen molar-refractivity contribution in [1.29, 1.82) is 5.26 Å². The quantitative estimate of drug-likeness (QED) is 0.488. The highest BCUT2D eigenvalue weighted by Crippen LogP contribution is 1.96. The Morgan fingerprint density at radius 2 is 1.94 bits per heavy atom. The summed E-state index contributed by atoms with van der Waals surface area (Å²) < 4.78 is 5.40. The van der Waals surface area contributed by atoms with E-state index >= 15 is 0 Å². The van der Waals surface area contributed by atoms with Crippen molar-refractivity contribution in [2.24, 2.45) is 0 Å². The summed E-state index contributed by atoms with van der Waals surface area (Å²) in [6.45, 7) is 9.69. The molecule has 0 amide bonds. The Bertz CT molecular complexity index is 255. The second kappa shape index (κ2) is 10.5. The molecule has 0 saturated carbocycles. The molecule has 0 aromatic heterocycles. The van der Waals surface area contributed by atoms with E-state index in [1.54, 1.807) is 0 Å². The van der Waals surface area contributed by atoms with Crippen LogP contribution in [0, 0.1) is 23.2 Å². The molecule has 0 fully saturated rings. The van der Waals surface area contributed by atoms with E-state index in [0.29, 0.717) is 13.0 Å². The van der Waals surface area contributed by atoms with E-state index < -0.39 is 0 Å². The molecule has 0 heterocycles. The second-order valence-corrected chi connectivity index (χ2v) is 3.61. The van der Waals surface area contributed by atoms with Crippen molar-refractivity contribution in [3.63, 3.8) is 0 Å². The van der Waals surface area contributed by atoms with Gasteiger partial charge < -0.3 is 4.74 Å². The highest BCUT2D eigenvalue weighted by Gasteiger charge is 1.98. The van der Waals surface area contributed by atoms with Gasteiger partial charge in [-0.2, -0.15) is 5.26 Å². The molecule has 3 nitrogen and oxygen atoms in total. The van der Waals surface area contributed by atoms with Gasteiger partial charge in [0.2, 0.25) is 0 Å². The number of nitrogens with zero attached hydrogens (tertiary/aromatic N) is 2. The van der Waals surface area contributed by atoms with Crippen molar-refractivity contribution in [3.8, 4) is 17.9 Å². The summed E-state index contributed by atoms with van der Waals surface area (Å²) in [5.74, 6) is 6.25. The lowest BCUT2D eigenvalue weighted by Crippen LogP contribution is -2.22. The molecule has 0 aliphatic carbocycles. The van der Waals surface area contributed by atoms with Crippen LogP contribution in [0.4, 0.5) is 0 Å². The smallest absolute Gasteiger partial charge is 0.0656 e. The first kappa shape index (κ1) is 15.0. The minimum Gasteiger partial charge on any atom is -0.376 e. The Kier molecular flexibility index (Phi) is 9.81. The Morgan fingerprint density at radius 3 is 2.50 bits per heavy atom. The van der Waals surface area contributed by atoms with Crippen molar-refractivity contribution < 1.29 is 4.74 Å². The molecule has 0 N–H and O–H groups in total. The van der Waals surface area contributed by atoms with E-state index in [2.05, 4.69) is 36.7 Å². The SMILES string of the molecule is CCN(CC)CC#CC[C@@H](C)OCCC#N. The third-order valence-electron chi connectivity index (χ3n) is 2.33. The van der Waals surface area contributed by atoms with Gasteiger partial charge in [0.15, 0.2) is 0 Å². The lowest BCUT2D eigenvalue weighted by atomic mass is 10.3. The van der Waals surface area contributed by atoms with Crippen LogP contribution in [0.1, 0.15) is 33.6 Å². The summed E-state index contributed by atoms with van der Waals surface area (Å²) in [7, 11) is 0. The lowest BCUT2D eigenvalue weighted by Gasteiger charge is -2.13. The average Bonchev–Trinajstić information content (AvgIpc) is 2.30. The molecule has 0 aliphatic rings. The summed E-state index contributed by atoms with van der Waals surface area (Å²) in [4.78, 5) is 2.27. The monoisotopic (exact) mass is 222 g/mol. The Labute approximate surface area is 99.4 Å². The third kappa shape index (κ3) is 8.29. The van der Waals surface area contributed by atoms with Gasteiger partial charge in [0.25, 0.3) is 0 Å². The van der Waals surface area contributed by atoms with Gasteiger partial charge in [-0.25, -0.2) is 0 Å². The first-order valence-corrected chi connectivity index (χ1v) is 5.91. The van der Waals surface area contributed by atoms with E-state index in [4.69, 9.17) is 10.00 Å². The van der Waals surface area contributed by atoms with Gasteiger partial charge >= 0.3 is 0 Å².